The lowest BCUT2D eigenvalue weighted by molar-refractivity contribution is -0.119. The number of nitrogens with one attached hydrogen (secondary N) is 2. The van der Waals surface area contributed by atoms with Crippen LogP contribution in [-0.4, -0.2) is 13.0 Å². The molecule has 0 aliphatic carbocycles. The average molecular weight is 290 g/mol. The molecule has 0 aliphatic heterocycles. The third-order valence-corrected chi connectivity index (χ3v) is 3.13. The van der Waals surface area contributed by atoms with E-state index in [1.807, 2.05) is 0 Å². The molecule has 5 heteroatoms. The van der Waals surface area contributed by atoms with Gasteiger partial charge in [0.15, 0.2) is 0 Å². The van der Waals surface area contributed by atoms with Gasteiger partial charge >= 0.3 is 0 Å². The zero-order chi connectivity index (χ0) is 15.2. The van der Waals surface area contributed by atoms with E-state index < -0.39 is 11.6 Å². The summed E-state index contributed by atoms with van der Waals surface area (Å²) in [5, 5.41) is 5.51. The van der Waals surface area contributed by atoms with Gasteiger partial charge in [-0.2, -0.15) is 0 Å². The summed E-state index contributed by atoms with van der Waals surface area (Å²) >= 11 is 0. The second kappa shape index (κ2) is 6.83. The Bertz CT molecular complexity index is 606. The monoisotopic (exact) mass is 290 g/mol. The van der Waals surface area contributed by atoms with Crippen LogP contribution in [0.4, 0.5) is 14.5 Å². The summed E-state index contributed by atoms with van der Waals surface area (Å²) in [5.41, 5.74) is 1.61. The molecule has 0 atom stereocenters. The van der Waals surface area contributed by atoms with Crippen molar-refractivity contribution < 1.29 is 13.6 Å². The molecule has 0 radical (unpaired) electrons. The fourth-order valence-corrected chi connectivity index (χ4v) is 1.91. The van der Waals surface area contributed by atoms with E-state index in [2.05, 4.69) is 10.6 Å². The van der Waals surface area contributed by atoms with Gasteiger partial charge in [-0.05, 0) is 29.8 Å². The molecule has 21 heavy (non-hydrogen) atoms. The maximum absolute atomic E-state index is 13.5. The Labute approximate surface area is 122 Å². The molecule has 0 fully saturated rings. The van der Waals surface area contributed by atoms with Gasteiger partial charge in [0.25, 0.3) is 0 Å². The van der Waals surface area contributed by atoms with Crippen molar-refractivity contribution in [2.75, 3.05) is 12.4 Å². The van der Waals surface area contributed by atoms with Crippen LogP contribution in [0.25, 0.3) is 0 Å². The van der Waals surface area contributed by atoms with Crippen molar-refractivity contribution in [3.63, 3.8) is 0 Å². The Morgan fingerprint density at radius 3 is 2.24 bits per heavy atom. The van der Waals surface area contributed by atoms with Crippen molar-refractivity contribution >= 4 is 11.6 Å². The van der Waals surface area contributed by atoms with Gasteiger partial charge in [-0.25, -0.2) is 8.78 Å². The van der Waals surface area contributed by atoms with Gasteiger partial charge in [-0.3, -0.25) is 4.79 Å². The molecule has 1 amide bonds. The minimum atomic E-state index is -0.571. The molecule has 0 saturated carbocycles. The van der Waals surface area contributed by atoms with E-state index in [1.54, 1.807) is 31.3 Å². The molecule has 0 aromatic heterocycles. The molecule has 3 nitrogen and oxygen atoms in total. The quantitative estimate of drug-likeness (QED) is 0.889. The molecule has 0 unspecified atom stereocenters. The van der Waals surface area contributed by atoms with Crippen molar-refractivity contribution in [2.45, 2.75) is 13.0 Å². The van der Waals surface area contributed by atoms with Crippen LogP contribution < -0.4 is 10.6 Å². The van der Waals surface area contributed by atoms with Crippen LogP contribution in [-0.2, 0) is 17.8 Å². The first kappa shape index (κ1) is 15.0. The average Bonchev–Trinajstić information content (AvgIpc) is 2.48. The fourth-order valence-electron chi connectivity index (χ4n) is 1.91. The van der Waals surface area contributed by atoms with Gasteiger partial charge in [0.1, 0.15) is 11.6 Å². The number of halogens is 2. The number of hydrogen-bond donors (Lipinski definition) is 2. The molecule has 0 heterocycles. The summed E-state index contributed by atoms with van der Waals surface area (Å²) < 4.78 is 27.0. The van der Waals surface area contributed by atoms with Crippen molar-refractivity contribution in [1.82, 2.24) is 5.32 Å². The van der Waals surface area contributed by atoms with E-state index in [0.717, 1.165) is 11.3 Å². The van der Waals surface area contributed by atoms with Gasteiger partial charge in [0.2, 0.25) is 5.91 Å². The van der Waals surface area contributed by atoms with Crippen molar-refractivity contribution in [3.8, 4) is 0 Å². The van der Waals surface area contributed by atoms with Gasteiger partial charge in [-0.15, -0.1) is 0 Å². The zero-order valence-electron chi connectivity index (χ0n) is 11.6. The molecular formula is C16H16F2N2O. The number of benzene rings is 2. The molecular weight excluding hydrogens is 274 g/mol. The predicted molar refractivity (Wildman–Crippen MR) is 77.9 cm³/mol. The normalized spacial score (nSPS) is 10.2. The minimum Gasteiger partial charge on any atom is -0.381 e. The molecule has 0 aliphatic rings. The van der Waals surface area contributed by atoms with E-state index >= 15 is 0 Å². The summed E-state index contributed by atoms with van der Waals surface area (Å²) in [6.07, 6.45) is 0.304. The Kier molecular flexibility index (Phi) is 4.87. The van der Waals surface area contributed by atoms with Crippen LogP contribution in [0.15, 0.2) is 42.5 Å². The van der Waals surface area contributed by atoms with Crippen molar-refractivity contribution in [3.05, 3.63) is 65.2 Å². The molecule has 110 valence electrons. The SMILES string of the molecule is CNC(=O)Cc1ccc(NCc2c(F)cccc2F)cc1. The Morgan fingerprint density at radius 1 is 1.05 bits per heavy atom. The van der Waals surface area contributed by atoms with E-state index in [9.17, 15) is 13.6 Å². The van der Waals surface area contributed by atoms with Crippen LogP contribution in [0, 0.1) is 11.6 Å². The Morgan fingerprint density at radius 2 is 1.67 bits per heavy atom. The summed E-state index contributed by atoms with van der Waals surface area (Å²) in [4.78, 5) is 11.2. The molecule has 2 rings (SSSR count). The van der Waals surface area contributed by atoms with Gasteiger partial charge in [0, 0.05) is 24.8 Å². The van der Waals surface area contributed by atoms with Crippen LogP contribution in [0.1, 0.15) is 11.1 Å². The lowest BCUT2D eigenvalue weighted by Crippen LogP contribution is -2.19. The number of carbonyl (C=O) groups excluding carboxylic acids is 1. The van der Waals surface area contributed by atoms with Gasteiger partial charge in [0.05, 0.1) is 6.42 Å². The van der Waals surface area contributed by atoms with Crippen LogP contribution >= 0.6 is 0 Å². The lowest BCUT2D eigenvalue weighted by atomic mass is 10.1. The van der Waals surface area contributed by atoms with E-state index in [1.165, 1.54) is 18.2 Å². The molecule has 2 N–H and O–H groups in total. The lowest BCUT2D eigenvalue weighted by Gasteiger charge is -2.09. The summed E-state index contributed by atoms with van der Waals surface area (Å²) in [7, 11) is 1.58. The highest BCUT2D eigenvalue weighted by atomic mass is 19.1. The Balaban J connectivity index is 1.99. The first-order chi connectivity index (χ1) is 10.1. The van der Waals surface area contributed by atoms with Crippen LogP contribution in [0.3, 0.4) is 0 Å². The molecule has 0 bridgehead atoms. The number of likely N-dealkylation sites (N-methyl/N-ethyl adjacent to an activating group) is 1. The largest absolute Gasteiger partial charge is 0.381 e. The molecule has 2 aromatic rings. The molecule has 0 saturated heterocycles. The zero-order valence-corrected chi connectivity index (χ0v) is 11.6. The van der Waals surface area contributed by atoms with E-state index in [-0.39, 0.29) is 18.0 Å². The second-order valence-electron chi connectivity index (χ2n) is 4.60. The number of carbonyl (C=O) groups is 1. The second-order valence-corrected chi connectivity index (χ2v) is 4.60. The predicted octanol–water partition coefficient (Wildman–Crippen LogP) is 2.87. The number of rotatable bonds is 5. The first-order valence-corrected chi connectivity index (χ1v) is 6.56. The number of amides is 1. The van der Waals surface area contributed by atoms with Gasteiger partial charge in [-0.1, -0.05) is 18.2 Å². The highest BCUT2D eigenvalue weighted by Crippen LogP contribution is 2.15. The highest BCUT2D eigenvalue weighted by molar-refractivity contribution is 5.78. The van der Waals surface area contributed by atoms with Crippen LogP contribution in [0.5, 0.6) is 0 Å². The summed E-state index contributed by atoms with van der Waals surface area (Å²) in [6, 6.07) is 10.9. The van der Waals surface area contributed by atoms with E-state index in [4.69, 9.17) is 0 Å². The van der Waals surface area contributed by atoms with Crippen molar-refractivity contribution in [2.24, 2.45) is 0 Å². The number of hydrogen-bond acceptors (Lipinski definition) is 2. The first-order valence-electron chi connectivity index (χ1n) is 6.56. The molecule has 2 aromatic carbocycles. The van der Waals surface area contributed by atoms with Crippen molar-refractivity contribution in [1.29, 1.82) is 0 Å². The standard InChI is InChI=1S/C16H16F2N2O/c1-19-16(21)9-11-5-7-12(8-6-11)20-10-13-14(17)3-2-4-15(13)18/h2-8,20H,9-10H2,1H3,(H,19,21). The highest BCUT2D eigenvalue weighted by Gasteiger charge is 2.07. The fraction of sp³-hybridized carbons (Fsp3) is 0.188. The smallest absolute Gasteiger partial charge is 0.224 e. The molecule has 0 spiro atoms. The maximum Gasteiger partial charge on any atom is 0.224 e. The van der Waals surface area contributed by atoms with E-state index in [0.29, 0.717) is 6.42 Å². The van der Waals surface area contributed by atoms with Crippen LogP contribution in [0.2, 0.25) is 0 Å². The Hall–Kier alpha value is -2.43. The summed E-state index contributed by atoms with van der Waals surface area (Å²) in [6.45, 7) is 0.0628. The van der Waals surface area contributed by atoms with Gasteiger partial charge < -0.3 is 10.6 Å². The third-order valence-electron chi connectivity index (χ3n) is 3.13. The maximum atomic E-state index is 13.5. The minimum absolute atomic E-state index is 0.00642. The third kappa shape index (κ3) is 4.02. The topological polar surface area (TPSA) is 41.1 Å². The summed E-state index contributed by atoms with van der Waals surface area (Å²) in [5.74, 6) is -1.21. The number of anilines is 1.